The molecule has 1 saturated carbocycles. The van der Waals surface area contributed by atoms with Crippen LogP contribution in [0.4, 0.5) is 4.79 Å². The molecule has 1 aromatic carbocycles. The molecule has 10 nitrogen and oxygen atoms in total. The third-order valence-corrected chi connectivity index (χ3v) is 9.66. The summed E-state index contributed by atoms with van der Waals surface area (Å²) in [4.78, 5) is 33.7. The number of hydrogen-bond donors (Lipinski definition) is 3. The molecule has 6 atom stereocenters. The predicted molar refractivity (Wildman–Crippen MR) is 172 cm³/mol. The highest BCUT2D eigenvalue weighted by Crippen LogP contribution is 2.39. The molecular formula is C34H55N5O5. The van der Waals surface area contributed by atoms with Gasteiger partial charge in [-0.05, 0) is 89.2 Å². The maximum atomic E-state index is 14.1. The van der Waals surface area contributed by atoms with Crippen LogP contribution in [0, 0.1) is 11.8 Å². The number of aldehydes is 1. The first-order valence-electron chi connectivity index (χ1n) is 16.8. The van der Waals surface area contributed by atoms with Crippen molar-refractivity contribution in [1.82, 2.24) is 10.2 Å². The van der Waals surface area contributed by atoms with Gasteiger partial charge in [-0.25, -0.2) is 4.79 Å². The van der Waals surface area contributed by atoms with Crippen LogP contribution in [0.1, 0.15) is 103 Å². The molecule has 0 bridgehead atoms. The molecule has 5 unspecified atom stereocenters. The second-order valence-corrected chi connectivity index (χ2v) is 13.2. The van der Waals surface area contributed by atoms with Crippen LogP contribution in [0.2, 0.25) is 0 Å². The minimum absolute atomic E-state index is 0.0150. The highest BCUT2D eigenvalue weighted by Gasteiger charge is 2.46. The summed E-state index contributed by atoms with van der Waals surface area (Å²) in [5.41, 5.74) is 12.1. The molecule has 0 aromatic heterocycles. The molecule has 10 heteroatoms. The van der Waals surface area contributed by atoms with E-state index in [-0.39, 0.29) is 42.8 Å². The summed E-state index contributed by atoms with van der Waals surface area (Å²) in [6.07, 6.45) is 12.4. The van der Waals surface area contributed by atoms with E-state index in [4.69, 9.17) is 25.7 Å². The zero-order valence-corrected chi connectivity index (χ0v) is 26.8. The number of benzene rings is 1. The Morgan fingerprint density at radius 1 is 1.09 bits per heavy atom. The zero-order valence-electron chi connectivity index (χ0n) is 26.8. The summed E-state index contributed by atoms with van der Waals surface area (Å²) >= 11 is 0. The minimum Gasteiger partial charge on any atom is -0.444 e. The first-order valence-corrected chi connectivity index (χ1v) is 16.8. The number of ether oxygens (including phenoxy) is 3. The average Bonchev–Trinajstić information content (AvgIpc) is 3.02. The van der Waals surface area contributed by atoms with E-state index in [1.807, 2.05) is 44.2 Å². The number of guanidine groups is 1. The van der Waals surface area contributed by atoms with Crippen LogP contribution >= 0.6 is 0 Å². The van der Waals surface area contributed by atoms with Gasteiger partial charge in [-0.1, -0.05) is 62.4 Å². The Balaban J connectivity index is 1.61. The van der Waals surface area contributed by atoms with Gasteiger partial charge in [0, 0.05) is 6.61 Å². The predicted octanol–water partition coefficient (Wildman–Crippen LogP) is 5.23. The van der Waals surface area contributed by atoms with Crippen molar-refractivity contribution in [3.05, 3.63) is 35.9 Å². The van der Waals surface area contributed by atoms with Crippen molar-refractivity contribution < 1.29 is 23.8 Å². The van der Waals surface area contributed by atoms with Crippen LogP contribution < -0.4 is 16.8 Å². The lowest BCUT2D eigenvalue weighted by Crippen LogP contribution is -2.66. The van der Waals surface area contributed by atoms with Gasteiger partial charge in [0.15, 0.2) is 12.2 Å². The van der Waals surface area contributed by atoms with E-state index in [1.165, 1.54) is 6.42 Å². The van der Waals surface area contributed by atoms with Crippen molar-refractivity contribution in [2.24, 2.45) is 28.3 Å². The van der Waals surface area contributed by atoms with Gasteiger partial charge in [0.05, 0.1) is 23.9 Å². The van der Waals surface area contributed by atoms with Crippen molar-refractivity contribution in [2.45, 2.75) is 134 Å². The highest BCUT2D eigenvalue weighted by atomic mass is 16.7. The Bertz CT molecular complexity index is 1030. The average molecular weight is 614 g/mol. The van der Waals surface area contributed by atoms with Gasteiger partial charge in [-0.15, -0.1) is 0 Å². The summed E-state index contributed by atoms with van der Waals surface area (Å²) in [5, 5.41) is 3.58. The summed E-state index contributed by atoms with van der Waals surface area (Å²) in [5.74, 6) is 0.121. The molecule has 1 amide bonds. The standard InChI is InChI=1S/C34H55N5O5/c1-25(44-31-17-9-12-20-42-31)21-28(38-32(35)36)22-29(27-15-7-4-8-16-27)30(23-40)39(34(2)18-10-11-19-37-34)33(41)43-24-26-13-5-3-6-14-26/h3,5-6,13-14,23,25,27-31,37H,4,7-12,15-22,24H2,1-2H3,(H4,35,36,38)/t25?,28?,29?,30-,31?,34?/m1/s1. The van der Waals surface area contributed by atoms with Gasteiger partial charge >= 0.3 is 6.09 Å². The van der Waals surface area contributed by atoms with Crippen molar-refractivity contribution in [3.8, 4) is 0 Å². The highest BCUT2D eigenvalue weighted by molar-refractivity contribution is 5.76. The van der Waals surface area contributed by atoms with E-state index >= 15 is 0 Å². The second-order valence-electron chi connectivity index (χ2n) is 13.2. The SMILES string of the molecule is CC(CC(CC(C1CCCCC1)[C@@H](C=O)N(C(=O)OCc1ccccc1)C1(C)CCCCN1)N=C(N)N)OC1CCCCO1. The van der Waals surface area contributed by atoms with Gasteiger partial charge < -0.3 is 30.5 Å². The molecule has 4 rings (SSSR count). The monoisotopic (exact) mass is 613 g/mol. The Hall–Kier alpha value is -2.69. The number of aliphatic imine (C=N–C) groups is 1. The van der Waals surface area contributed by atoms with Gasteiger partial charge in [-0.2, -0.15) is 0 Å². The molecule has 44 heavy (non-hydrogen) atoms. The lowest BCUT2D eigenvalue weighted by molar-refractivity contribution is -0.186. The maximum absolute atomic E-state index is 14.1. The molecule has 0 radical (unpaired) electrons. The lowest BCUT2D eigenvalue weighted by Gasteiger charge is -2.49. The smallest absolute Gasteiger partial charge is 0.412 e. The number of carbonyl (C=O) groups is 2. The Morgan fingerprint density at radius 3 is 2.48 bits per heavy atom. The topological polar surface area (TPSA) is 141 Å². The van der Waals surface area contributed by atoms with Crippen LogP contribution in [0.3, 0.4) is 0 Å². The molecular weight excluding hydrogens is 558 g/mol. The largest absolute Gasteiger partial charge is 0.444 e. The molecule has 0 spiro atoms. The molecule has 2 saturated heterocycles. The van der Waals surface area contributed by atoms with Crippen LogP contribution in [0.5, 0.6) is 0 Å². The molecule has 2 heterocycles. The number of hydrogen-bond acceptors (Lipinski definition) is 7. The quantitative estimate of drug-likeness (QED) is 0.147. The third-order valence-electron chi connectivity index (χ3n) is 9.66. The van der Waals surface area contributed by atoms with Gasteiger partial charge in [0.1, 0.15) is 12.9 Å². The molecule has 5 N–H and O–H groups in total. The number of carbonyl (C=O) groups excluding carboxylic acids is 2. The van der Waals surface area contributed by atoms with Gasteiger partial charge in [-0.3, -0.25) is 15.2 Å². The number of rotatable bonds is 14. The molecule has 3 aliphatic rings. The first-order chi connectivity index (χ1) is 21.3. The fourth-order valence-electron chi connectivity index (χ4n) is 7.46. The normalized spacial score (nSPS) is 25.6. The lowest BCUT2D eigenvalue weighted by atomic mass is 9.73. The molecule has 3 fully saturated rings. The van der Waals surface area contributed by atoms with Crippen LogP contribution in [0.25, 0.3) is 0 Å². The van der Waals surface area contributed by atoms with Gasteiger partial charge in [0.25, 0.3) is 0 Å². The zero-order chi connectivity index (χ0) is 31.4. The van der Waals surface area contributed by atoms with Crippen LogP contribution in [0.15, 0.2) is 35.3 Å². The van der Waals surface area contributed by atoms with Crippen LogP contribution in [-0.4, -0.2) is 66.5 Å². The number of nitrogens with one attached hydrogen (secondary N) is 1. The van der Waals surface area contributed by atoms with Crippen molar-refractivity contribution in [2.75, 3.05) is 13.2 Å². The van der Waals surface area contributed by atoms with E-state index in [0.29, 0.717) is 19.4 Å². The molecule has 1 aliphatic carbocycles. The van der Waals surface area contributed by atoms with Crippen molar-refractivity contribution >= 4 is 18.3 Å². The van der Waals surface area contributed by atoms with Crippen molar-refractivity contribution in [3.63, 3.8) is 0 Å². The Labute approximate surface area is 263 Å². The first kappa shape index (κ1) is 34.2. The summed E-state index contributed by atoms with van der Waals surface area (Å²) in [6.45, 7) is 5.68. The summed E-state index contributed by atoms with van der Waals surface area (Å²) in [6, 6.07) is 8.67. The van der Waals surface area contributed by atoms with Crippen molar-refractivity contribution in [1.29, 1.82) is 0 Å². The fraction of sp³-hybridized carbons (Fsp3) is 0.735. The van der Waals surface area contributed by atoms with Gasteiger partial charge in [0.2, 0.25) is 0 Å². The van der Waals surface area contributed by atoms with E-state index < -0.39 is 17.8 Å². The fourth-order valence-corrected chi connectivity index (χ4v) is 7.46. The number of nitrogens with two attached hydrogens (primary N) is 2. The molecule has 246 valence electrons. The second kappa shape index (κ2) is 17.1. The number of nitrogens with zero attached hydrogens (tertiary/aromatic N) is 2. The molecule has 2 aliphatic heterocycles. The van der Waals surface area contributed by atoms with E-state index in [9.17, 15) is 9.59 Å². The van der Waals surface area contributed by atoms with Crippen LogP contribution in [-0.2, 0) is 25.6 Å². The molecule has 1 aromatic rings. The Morgan fingerprint density at radius 2 is 1.84 bits per heavy atom. The minimum atomic E-state index is -0.717. The van der Waals surface area contributed by atoms with E-state index in [1.54, 1.807) is 4.90 Å². The number of piperidine rings is 1. The number of amides is 1. The summed E-state index contributed by atoms with van der Waals surface area (Å²) in [7, 11) is 0. The summed E-state index contributed by atoms with van der Waals surface area (Å²) < 4.78 is 18.0. The maximum Gasteiger partial charge on any atom is 0.412 e. The third kappa shape index (κ3) is 9.91. The van der Waals surface area contributed by atoms with E-state index in [0.717, 1.165) is 82.6 Å². The Kier molecular flexibility index (Phi) is 13.3. The van der Waals surface area contributed by atoms with E-state index in [2.05, 4.69) is 10.3 Å².